The Balaban J connectivity index is 1.32. The van der Waals surface area contributed by atoms with E-state index < -0.39 is 0 Å². The number of hydrogen-bond acceptors (Lipinski definition) is 3. The third-order valence-corrected chi connectivity index (χ3v) is 4.87. The molecule has 0 aliphatic carbocycles. The molecule has 0 bridgehead atoms. The lowest BCUT2D eigenvalue weighted by molar-refractivity contribution is 0.619. The summed E-state index contributed by atoms with van der Waals surface area (Å²) >= 11 is 11.6. The molecule has 4 rings (SSSR count). The molecule has 2 N–H and O–H groups in total. The van der Waals surface area contributed by atoms with Gasteiger partial charge >= 0.3 is 0 Å². The molecule has 6 nitrogen and oxygen atoms in total. The van der Waals surface area contributed by atoms with Crippen molar-refractivity contribution >= 4 is 40.4 Å². The van der Waals surface area contributed by atoms with Gasteiger partial charge in [-0.25, -0.2) is 4.39 Å². The van der Waals surface area contributed by atoms with Crippen molar-refractivity contribution in [3.05, 3.63) is 95.2 Å². The van der Waals surface area contributed by atoms with Crippen molar-refractivity contribution in [2.45, 2.75) is 13.1 Å². The number of thiocarbonyl (C=S) groups is 1. The van der Waals surface area contributed by atoms with Crippen molar-refractivity contribution in [1.82, 2.24) is 19.6 Å². The molecule has 152 valence electrons. The van der Waals surface area contributed by atoms with Crippen LogP contribution in [0.5, 0.6) is 0 Å². The molecule has 0 atom stereocenters. The zero-order valence-electron chi connectivity index (χ0n) is 15.8. The van der Waals surface area contributed by atoms with Gasteiger partial charge in [-0.2, -0.15) is 10.2 Å². The van der Waals surface area contributed by atoms with Crippen LogP contribution >= 0.6 is 23.8 Å². The van der Waals surface area contributed by atoms with Gasteiger partial charge in [0.05, 0.1) is 25.0 Å². The lowest BCUT2D eigenvalue weighted by Crippen LogP contribution is -2.19. The monoisotopic (exact) mass is 440 g/mol. The number of anilines is 2. The van der Waals surface area contributed by atoms with E-state index in [1.54, 1.807) is 27.8 Å². The molecule has 0 spiro atoms. The van der Waals surface area contributed by atoms with Gasteiger partial charge in [0.2, 0.25) is 0 Å². The first kappa shape index (κ1) is 20.1. The molecule has 9 heteroatoms. The minimum atomic E-state index is -0.266. The molecule has 2 aromatic carbocycles. The number of nitrogens with one attached hydrogen (secondary N) is 2. The van der Waals surface area contributed by atoms with E-state index in [0.29, 0.717) is 29.0 Å². The van der Waals surface area contributed by atoms with Crippen LogP contribution in [0, 0.1) is 5.82 Å². The van der Waals surface area contributed by atoms with Crippen molar-refractivity contribution in [3.8, 4) is 0 Å². The average molecular weight is 441 g/mol. The Labute approximate surface area is 183 Å². The Morgan fingerprint density at radius 3 is 2.73 bits per heavy atom. The van der Waals surface area contributed by atoms with E-state index in [9.17, 15) is 4.39 Å². The fraction of sp³-hybridized carbons (Fsp3) is 0.0952. The molecular weight excluding hydrogens is 423 g/mol. The minimum Gasteiger partial charge on any atom is -0.330 e. The highest BCUT2D eigenvalue weighted by Crippen LogP contribution is 2.17. The van der Waals surface area contributed by atoms with Gasteiger partial charge in [-0.1, -0.05) is 41.9 Å². The van der Waals surface area contributed by atoms with Gasteiger partial charge in [0.1, 0.15) is 5.82 Å². The Kier molecular flexibility index (Phi) is 6.06. The highest BCUT2D eigenvalue weighted by Gasteiger charge is 2.06. The van der Waals surface area contributed by atoms with Gasteiger partial charge < -0.3 is 10.6 Å². The van der Waals surface area contributed by atoms with E-state index in [0.717, 1.165) is 16.8 Å². The first-order chi connectivity index (χ1) is 14.5. The summed E-state index contributed by atoms with van der Waals surface area (Å²) in [6.45, 7) is 1.03. The van der Waals surface area contributed by atoms with Gasteiger partial charge in [-0.3, -0.25) is 9.36 Å². The Bertz CT molecular complexity index is 1170. The van der Waals surface area contributed by atoms with E-state index in [1.165, 1.54) is 12.1 Å². The molecule has 0 aliphatic heterocycles. The average Bonchev–Trinajstić information content (AvgIpc) is 3.33. The fourth-order valence-electron chi connectivity index (χ4n) is 2.93. The summed E-state index contributed by atoms with van der Waals surface area (Å²) in [5.41, 5.74) is 2.54. The van der Waals surface area contributed by atoms with E-state index >= 15 is 0 Å². The normalized spacial score (nSPS) is 10.7. The quantitative estimate of drug-likeness (QED) is 0.423. The third kappa shape index (κ3) is 5.22. The number of rotatable bonds is 6. The summed E-state index contributed by atoms with van der Waals surface area (Å²) in [7, 11) is 0. The topological polar surface area (TPSA) is 59.7 Å². The van der Waals surface area contributed by atoms with Gasteiger partial charge in [0, 0.05) is 23.5 Å². The third-order valence-electron chi connectivity index (χ3n) is 4.30. The smallest absolute Gasteiger partial charge is 0.176 e. The second-order valence-corrected chi connectivity index (χ2v) is 7.44. The van der Waals surface area contributed by atoms with Crippen LogP contribution in [0.15, 0.2) is 73.2 Å². The SMILES string of the molecule is Fc1cccc(Cn2cc(NC(=S)Nc3ccn(Cc4ccccc4Cl)n3)cn2)c1. The number of aromatic nitrogens is 4. The molecule has 2 aromatic heterocycles. The molecule has 0 saturated heterocycles. The lowest BCUT2D eigenvalue weighted by Gasteiger charge is -2.07. The van der Waals surface area contributed by atoms with Gasteiger partial charge in [-0.15, -0.1) is 0 Å². The standard InChI is InChI=1S/C21H18ClFN6S/c22-19-7-2-1-5-16(19)13-28-9-8-20(27-28)26-21(30)25-18-11-24-29(14-18)12-15-4-3-6-17(23)10-15/h1-11,14H,12-13H2,(H2,25,26,27,30). The highest BCUT2D eigenvalue weighted by molar-refractivity contribution is 7.80. The molecule has 0 radical (unpaired) electrons. The van der Waals surface area contributed by atoms with E-state index in [2.05, 4.69) is 20.8 Å². The van der Waals surface area contributed by atoms with Crippen molar-refractivity contribution in [2.75, 3.05) is 10.6 Å². The van der Waals surface area contributed by atoms with Crippen molar-refractivity contribution < 1.29 is 4.39 Å². The maximum atomic E-state index is 13.3. The molecule has 0 unspecified atom stereocenters. The van der Waals surface area contributed by atoms with Crippen LogP contribution in [0.4, 0.5) is 15.9 Å². The van der Waals surface area contributed by atoms with Crippen LogP contribution < -0.4 is 10.6 Å². The molecule has 0 amide bonds. The zero-order chi connectivity index (χ0) is 20.9. The summed E-state index contributed by atoms with van der Waals surface area (Å²) in [6, 6.07) is 15.9. The predicted octanol–water partition coefficient (Wildman–Crippen LogP) is 4.78. The largest absolute Gasteiger partial charge is 0.330 e. The summed E-state index contributed by atoms with van der Waals surface area (Å²) in [5.74, 6) is 0.351. The van der Waals surface area contributed by atoms with Crippen LogP contribution in [0.1, 0.15) is 11.1 Å². The Morgan fingerprint density at radius 1 is 1.03 bits per heavy atom. The molecule has 2 heterocycles. The van der Waals surface area contributed by atoms with Crippen LogP contribution in [0.2, 0.25) is 5.02 Å². The van der Waals surface area contributed by atoms with Gasteiger partial charge in [0.15, 0.2) is 10.9 Å². The first-order valence-electron chi connectivity index (χ1n) is 9.17. The molecule has 0 saturated carbocycles. The summed E-state index contributed by atoms with van der Waals surface area (Å²) < 4.78 is 16.8. The molecule has 0 fully saturated rings. The van der Waals surface area contributed by atoms with E-state index in [4.69, 9.17) is 23.8 Å². The zero-order valence-corrected chi connectivity index (χ0v) is 17.4. The lowest BCUT2D eigenvalue weighted by atomic mass is 10.2. The van der Waals surface area contributed by atoms with Gasteiger partial charge in [-0.05, 0) is 41.5 Å². The molecule has 4 aromatic rings. The molecular formula is C21H18ClFN6S. The summed E-state index contributed by atoms with van der Waals surface area (Å²) in [5, 5.41) is 15.9. The number of hydrogen-bond donors (Lipinski definition) is 2. The van der Waals surface area contributed by atoms with E-state index in [-0.39, 0.29) is 5.82 Å². The van der Waals surface area contributed by atoms with Crippen LogP contribution in [-0.2, 0) is 13.1 Å². The van der Waals surface area contributed by atoms with Crippen LogP contribution in [0.25, 0.3) is 0 Å². The van der Waals surface area contributed by atoms with Gasteiger partial charge in [0.25, 0.3) is 0 Å². The number of benzene rings is 2. The second kappa shape index (κ2) is 9.06. The number of nitrogens with zero attached hydrogens (tertiary/aromatic N) is 4. The maximum Gasteiger partial charge on any atom is 0.176 e. The van der Waals surface area contributed by atoms with Crippen molar-refractivity contribution in [1.29, 1.82) is 0 Å². The number of halogens is 2. The Morgan fingerprint density at radius 2 is 1.90 bits per heavy atom. The van der Waals surface area contributed by atoms with E-state index in [1.807, 2.05) is 42.6 Å². The fourth-order valence-corrected chi connectivity index (χ4v) is 3.35. The summed E-state index contributed by atoms with van der Waals surface area (Å²) in [6.07, 6.45) is 5.31. The molecule has 30 heavy (non-hydrogen) atoms. The highest BCUT2D eigenvalue weighted by atomic mass is 35.5. The summed E-state index contributed by atoms with van der Waals surface area (Å²) in [4.78, 5) is 0. The second-order valence-electron chi connectivity index (χ2n) is 6.63. The maximum absolute atomic E-state index is 13.3. The molecule has 0 aliphatic rings. The van der Waals surface area contributed by atoms with Crippen LogP contribution in [-0.4, -0.2) is 24.7 Å². The minimum absolute atomic E-state index is 0.266. The van der Waals surface area contributed by atoms with Crippen molar-refractivity contribution in [3.63, 3.8) is 0 Å². The predicted molar refractivity (Wildman–Crippen MR) is 120 cm³/mol. The van der Waals surface area contributed by atoms with Crippen molar-refractivity contribution in [2.24, 2.45) is 0 Å². The Hall–Kier alpha value is -3.23. The van der Waals surface area contributed by atoms with Crippen LogP contribution in [0.3, 0.4) is 0 Å². The first-order valence-corrected chi connectivity index (χ1v) is 9.95.